The third kappa shape index (κ3) is 3.70. The molecule has 0 saturated carbocycles. The van der Waals surface area contributed by atoms with Crippen LogP contribution in [0.3, 0.4) is 0 Å². The average molecular weight is 233 g/mol. The highest BCUT2D eigenvalue weighted by Crippen LogP contribution is 2.16. The summed E-state index contributed by atoms with van der Waals surface area (Å²) in [6.45, 7) is 7.19. The van der Waals surface area contributed by atoms with Crippen molar-refractivity contribution in [3.63, 3.8) is 0 Å². The summed E-state index contributed by atoms with van der Waals surface area (Å²) >= 11 is 0. The van der Waals surface area contributed by atoms with Crippen LogP contribution < -0.4 is 5.32 Å². The topological polar surface area (TPSA) is 46.2 Å². The summed E-state index contributed by atoms with van der Waals surface area (Å²) in [4.78, 5) is 23.4. The first kappa shape index (κ1) is 13.4. The van der Waals surface area contributed by atoms with E-state index in [0.717, 1.165) is 11.3 Å². The van der Waals surface area contributed by atoms with Crippen LogP contribution in [-0.2, 0) is 9.59 Å². The number of carbonyl (C=O) groups excluding carboxylic acids is 2. The van der Waals surface area contributed by atoms with E-state index in [1.807, 2.05) is 45.0 Å². The van der Waals surface area contributed by atoms with Gasteiger partial charge in [-0.15, -0.1) is 0 Å². The maximum atomic E-state index is 11.9. The largest absolute Gasteiger partial charge is 0.325 e. The van der Waals surface area contributed by atoms with Crippen LogP contribution in [0.4, 0.5) is 5.69 Å². The highest BCUT2D eigenvalue weighted by atomic mass is 16.2. The minimum absolute atomic E-state index is 0.0120. The molecule has 1 atom stereocenters. The monoisotopic (exact) mass is 233 g/mol. The molecule has 0 aliphatic heterocycles. The van der Waals surface area contributed by atoms with Gasteiger partial charge >= 0.3 is 0 Å². The number of nitrogens with one attached hydrogen (secondary N) is 1. The highest BCUT2D eigenvalue weighted by Gasteiger charge is 2.26. The number of hydrogen-bond acceptors (Lipinski definition) is 2. The van der Waals surface area contributed by atoms with E-state index in [4.69, 9.17) is 0 Å². The molecule has 0 saturated heterocycles. The van der Waals surface area contributed by atoms with E-state index in [9.17, 15) is 9.59 Å². The molecule has 0 aliphatic rings. The van der Waals surface area contributed by atoms with E-state index in [1.165, 1.54) is 6.92 Å². The minimum Gasteiger partial charge on any atom is -0.325 e. The zero-order chi connectivity index (χ0) is 13.0. The first-order chi connectivity index (χ1) is 7.91. The summed E-state index contributed by atoms with van der Waals surface area (Å²) in [5.74, 6) is -0.879. The lowest BCUT2D eigenvalue weighted by atomic mass is 9.91. The van der Waals surface area contributed by atoms with Crippen LogP contribution in [0.1, 0.15) is 26.3 Å². The molecule has 0 spiro atoms. The van der Waals surface area contributed by atoms with E-state index in [0.29, 0.717) is 0 Å². The van der Waals surface area contributed by atoms with Crippen molar-refractivity contribution in [2.45, 2.75) is 27.7 Å². The van der Waals surface area contributed by atoms with Gasteiger partial charge in [0.25, 0.3) is 0 Å². The smallest absolute Gasteiger partial charge is 0.235 e. The summed E-state index contributed by atoms with van der Waals surface area (Å²) in [6.07, 6.45) is 0. The molecule has 3 heteroatoms. The normalized spacial score (nSPS) is 12.3. The van der Waals surface area contributed by atoms with Crippen LogP contribution in [0, 0.1) is 18.8 Å². The molecule has 0 aromatic heterocycles. The number of hydrogen-bond donors (Lipinski definition) is 1. The Kier molecular flexibility index (Phi) is 4.44. The SMILES string of the molecule is CC(=O)[C@@H](C(=O)Nc1ccc(C)cc1)C(C)C. The minimum atomic E-state index is -0.573. The first-order valence-corrected chi connectivity index (χ1v) is 5.79. The molecule has 0 aliphatic carbocycles. The van der Waals surface area contributed by atoms with Gasteiger partial charge in [-0.3, -0.25) is 9.59 Å². The van der Waals surface area contributed by atoms with Gasteiger partial charge < -0.3 is 5.32 Å². The predicted octanol–water partition coefficient (Wildman–Crippen LogP) is 2.79. The fourth-order valence-corrected chi connectivity index (χ4v) is 1.81. The number of carbonyl (C=O) groups is 2. The molecule has 0 radical (unpaired) electrons. The maximum Gasteiger partial charge on any atom is 0.235 e. The van der Waals surface area contributed by atoms with Crippen molar-refractivity contribution in [2.75, 3.05) is 5.32 Å². The van der Waals surface area contributed by atoms with E-state index in [1.54, 1.807) is 0 Å². The summed E-state index contributed by atoms with van der Waals surface area (Å²) in [6, 6.07) is 7.52. The molecule has 1 N–H and O–H groups in total. The van der Waals surface area contributed by atoms with Crippen molar-refractivity contribution in [1.82, 2.24) is 0 Å². The Morgan fingerprint density at radius 3 is 2.06 bits per heavy atom. The highest BCUT2D eigenvalue weighted by molar-refractivity contribution is 6.06. The van der Waals surface area contributed by atoms with Gasteiger partial charge in [-0.2, -0.15) is 0 Å². The molecule has 92 valence electrons. The van der Waals surface area contributed by atoms with Gasteiger partial charge in [0.15, 0.2) is 0 Å². The van der Waals surface area contributed by atoms with Crippen LogP contribution in [-0.4, -0.2) is 11.7 Å². The summed E-state index contributed by atoms with van der Waals surface area (Å²) in [5.41, 5.74) is 1.86. The molecule has 3 nitrogen and oxygen atoms in total. The van der Waals surface area contributed by atoms with Gasteiger partial charge in [-0.25, -0.2) is 0 Å². The zero-order valence-corrected chi connectivity index (χ0v) is 10.8. The molecule has 0 fully saturated rings. The van der Waals surface area contributed by atoms with Crippen LogP contribution in [0.15, 0.2) is 24.3 Å². The zero-order valence-electron chi connectivity index (χ0n) is 10.8. The lowest BCUT2D eigenvalue weighted by Gasteiger charge is -2.17. The lowest BCUT2D eigenvalue weighted by Crippen LogP contribution is -2.32. The Morgan fingerprint density at radius 1 is 1.12 bits per heavy atom. The van der Waals surface area contributed by atoms with Crippen molar-refractivity contribution in [2.24, 2.45) is 11.8 Å². The standard InChI is InChI=1S/C14H19NO2/c1-9(2)13(11(4)16)14(17)15-12-7-5-10(3)6-8-12/h5-9,13H,1-4H3,(H,15,17)/t13-/m0/s1. The van der Waals surface area contributed by atoms with Crippen molar-refractivity contribution in [3.8, 4) is 0 Å². The molecule has 1 aromatic carbocycles. The molecule has 0 heterocycles. The van der Waals surface area contributed by atoms with Gasteiger partial charge in [-0.05, 0) is 31.9 Å². The number of rotatable bonds is 4. The van der Waals surface area contributed by atoms with E-state index < -0.39 is 5.92 Å². The van der Waals surface area contributed by atoms with Gasteiger partial charge in [0.2, 0.25) is 5.91 Å². The Morgan fingerprint density at radius 2 is 1.65 bits per heavy atom. The molecule has 1 aromatic rings. The maximum absolute atomic E-state index is 11.9. The third-order valence-electron chi connectivity index (χ3n) is 2.71. The number of anilines is 1. The molecule has 0 bridgehead atoms. The summed E-state index contributed by atoms with van der Waals surface area (Å²) < 4.78 is 0. The van der Waals surface area contributed by atoms with Crippen molar-refractivity contribution in [3.05, 3.63) is 29.8 Å². The molecule has 1 rings (SSSR count). The van der Waals surface area contributed by atoms with Gasteiger partial charge in [0, 0.05) is 5.69 Å². The van der Waals surface area contributed by atoms with Crippen LogP contribution in [0.2, 0.25) is 0 Å². The third-order valence-corrected chi connectivity index (χ3v) is 2.71. The summed E-state index contributed by atoms with van der Waals surface area (Å²) in [5, 5.41) is 2.77. The van der Waals surface area contributed by atoms with E-state index in [-0.39, 0.29) is 17.6 Å². The van der Waals surface area contributed by atoms with Crippen molar-refractivity contribution < 1.29 is 9.59 Å². The van der Waals surface area contributed by atoms with Gasteiger partial charge in [-0.1, -0.05) is 31.5 Å². The molecule has 17 heavy (non-hydrogen) atoms. The fraction of sp³-hybridized carbons (Fsp3) is 0.429. The summed E-state index contributed by atoms with van der Waals surface area (Å²) in [7, 11) is 0. The first-order valence-electron chi connectivity index (χ1n) is 5.79. The average Bonchev–Trinajstić information content (AvgIpc) is 2.20. The second-order valence-electron chi connectivity index (χ2n) is 4.69. The van der Waals surface area contributed by atoms with Gasteiger partial charge in [0.1, 0.15) is 5.78 Å². The van der Waals surface area contributed by atoms with E-state index >= 15 is 0 Å². The number of aryl methyl sites for hydroxylation is 1. The predicted molar refractivity (Wildman–Crippen MR) is 68.8 cm³/mol. The molecular weight excluding hydrogens is 214 g/mol. The molecular formula is C14H19NO2. The second-order valence-corrected chi connectivity index (χ2v) is 4.69. The molecule has 1 amide bonds. The van der Waals surface area contributed by atoms with Crippen molar-refractivity contribution >= 4 is 17.4 Å². The van der Waals surface area contributed by atoms with Crippen LogP contribution in [0.25, 0.3) is 0 Å². The van der Waals surface area contributed by atoms with E-state index in [2.05, 4.69) is 5.32 Å². The quantitative estimate of drug-likeness (QED) is 0.813. The number of amides is 1. The van der Waals surface area contributed by atoms with Gasteiger partial charge in [0.05, 0.1) is 5.92 Å². The Bertz CT molecular complexity index is 407. The Balaban J connectivity index is 2.77. The Labute approximate surface area is 102 Å². The Hall–Kier alpha value is -1.64. The number of benzene rings is 1. The lowest BCUT2D eigenvalue weighted by molar-refractivity contribution is -0.131. The van der Waals surface area contributed by atoms with Crippen LogP contribution in [0.5, 0.6) is 0 Å². The van der Waals surface area contributed by atoms with Crippen molar-refractivity contribution in [1.29, 1.82) is 0 Å². The molecule has 0 unspecified atom stereocenters. The fourth-order valence-electron chi connectivity index (χ4n) is 1.81. The number of Topliss-reactive ketones (excluding diaryl/α,β-unsaturated/α-hetero) is 1. The second kappa shape index (κ2) is 5.62. The van der Waals surface area contributed by atoms with Crippen LogP contribution >= 0.6 is 0 Å². The number of ketones is 1.